The number of carbonyl (C=O) groups is 1. The lowest BCUT2D eigenvalue weighted by Crippen LogP contribution is -2.26. The standard InChI is InChI=1S/C35H34N4O5S/c1-22-4-6-24(7-5-22)27-20-39(19-23-11-14-45-15-12-23)21-28(34(27)40)35(41)38-33-9-8-25(18-37-33)44-30-10-13-36-29-17-32(43-3)31(42-2)16-26(29)30/h4-10,13,16-18,20-21,23H,11-12,14-15,19H2,1-3H3,(H,37,38,41). The first-order chi connectivity index (χ1) is 21.9. The maximum absolute atomic E-state index is 13.6. The summed E-state index contributed by atoms with van der Waals surface area (Å²) in [5.74, 6) is 4.71. The monoisotopic (exact) mass is 622 g/mol. The summed E-state index contributed by atoms with van der Waals surface area (Å²) in [6.07, 6.45) is 8.96. The van der Waals surface area contributed by atoms with Crippen LogP contribution in [0.4, 0.5) is 5.82 Å². The molecular weight excluding hydrogens is 588 g/mol. The number of hydrogen-bond donors (Lipinski definition) is 1. The molecule has 0 bridgehead atoms. The first-order valence-corrected chi connectivity index (χ1v) is 15.9. The third kappa shape index (κ3) is 6.81. The lowest BCUT2D eigenvalue weighted by molar-refractivity contribution is 0.102. The second kappa shape index (κ2) is 13.4. The van der Waals surface area contributed by atoms with Gasteiger partial charge in [-0.25, -0.2) is 4.98 Å². The largest absolute Gasteiger partial charge is 0.493 e. The number of benzene rings is 2. The van der Waals surface area contributed by atoms with Gasteiger partial charge in [0.1, 0.15) is 22.9 Å². The van der Waals surface area contributed by atoms with Crippen LogP contribution in [-0.2, 0) is 6.54 Å². The lowest BCUT2D eigenvalue weighted by Gasteiger charge is -2.23. The quantitative estimate of drug-likeness (QED) is 0.188. The number of fused-ring (bicyclic) bond motifs is 1. The molecule has 0 aliphatic carbocycles. The van der Waals surface area contributed by atoms with E-state index in [4.69, 9.17) is 14.2 Å². The van der Waals surface area contributed by atoms with E-state index < -0.39 is 5.91 Å². The Labute approximate surface area is 265 Å². The van der Waals surface area contributed by atoms with Crippen LogP contribution < -0.4 is 25.0 Å². The van der Waals surface area contributed by atoms with E-state index in [2.05, 4.69) is 15.3 Å². The molecule has 1 fully saturated rings. The normalized spacial score (nSPS) is 13.4. The minimum atomic E-state index is -0.510. The number of thioether (sulfide) groups is 1. The fraction of sp³-hybridized carbons (Fsp3) is 0.257. The minimum absolute atomic E-state index is 0.0769. The molecule has 1 aliphatic rings. The fourth-order valence-corrected chi connectivity index (χ4v) is 6.63. The van der Waals surface area contributed by atoms with Gasteiger partial charge in [-0.2, -0.15) is 11.8 Å². The van der Waals surface area contributed by atoms with Crippen molar-refractivity contribution in [2.75, 3.05) is 31.0 Å². The van der Waals surface area contributed by atoms with Crippen LogP contribution in [0.1, 0.15) is 28.8 Å². The van der Waals surface area contributed by atoms with Gasteiger partial charge in [0.05, 0.1) is 25.9 Å². The highest BCUT2D eigenvalue weighted by Gasteiger charge is 2.20. The molecule has 0 radical (unpaired) electrons. The molecule has 1 saturated heterocycles. The van der Waals surface area contributed by atoms with Crippen molar-refractivity contribution < 1.29 is 19.0 Å². The first kappa shape index (κ1) is 30.2. The number of rotatable bonds is 9. The third-order valence-corrected chi connectivity index (χ3v) is 8.96. The highest BCUT2D eigenvalue weighted by Crippen LogP contribution is 2.37. The molecule has 0 spiro atoms. The third-order valence-electron chi connectivity index (χ3n) is 7.91. The van der Waals surface area contributed by atoms with Crippen LogP contribution in [0.25, 0.3) is 22.0 Å². The summed E-state index contributed by atoms with van der Waals surface area (Å²) in [5.41, 5.74) is 2.83. The summed E-state index contributed by atoms with van der Waals surface area (Å²) < 4.78 is 19.0. The van der Waals surface area contributed by atoms with Gasteiger partial charge in [0.25, 0.3) is 5.91 Å². The van der Waals surface area contributed by atoms with Gasteiger partial charge in [-0.15, -0.1) is 0 Å². The summed E-state index contributed by atoms with van der Waals surface area (Å²) in [5, 5.41) is 3.54. The molecule has 4 heterocycles. The number of amides is 1. The van der Waals surface area contributed by atoms with E-state index in [-0.39, 0.29) is 11.0 Å². The Morgan fingerprint density at radius 3 is 2.42 bits per heavy atom. The van der Waals surface area contributed by atoms with Crippen molar-refractivity contribution in [2.24, 2.45) is 5.92 Å². The molecule has 6 rings (SSSR count). The van der Waals surface area contributed by atoms with Crippen molar-refractivity contribution in [3.05, 3.63) is 101 Å². The van der Waals surface area contributed by atoms with Crippen molar-refractivity contribution in [3.63, 3.8) is 0 Å². The van der Waals surface area contributed by atoms with Crippen LogP contribution in [0.2, 0.25) is 0 Å². The van der Waals surface area contributed by atoms with E-state index in [0.717, 1.165) is 47.4 Å². The topological polar surface area (TPSA) is 105 Å². The zero-order valence-electron chi connectivity index (χ0n) is 25.4. The number of aromatic nitrogens is 3. The molecule has 0 unspecified atom stereocenters. The van der Waals surface area contributed by atoms with Crippen LogP contribution in [0.5, 0.6) is 23.0 Å². The Balaban J connectivity index is 1.24. The number of anilines is 1. The van der Waals surface area contributed by atoms with Crippen LogP contribution in [-0.4, -0.2) is 46.2 Å². The zero-order valence-corrected chi connectivity index (χ0v) is 26.2. The summed E-state index contributed by atoms with van der Waals surface area (Å²) in [4.78, 5) is 36.0. The van der Waals surface area contributed by atoms with Gasteiger partial charge in [0.15, 0.2) is 11.5 Å². The molecule has 1 N–H and O–H groups in total. The minimum Gasteiger partial charge on any atom is -0.493 e. The lowest BCUT2D eigenvalue weighted by atomic mass is 10.0. The Bertz CT molecular complexity index is 1880. The van der Waals surface area contributed by atoms with Gasteiger partial charge in [0, 0.05) is 42.2 Å². The van der Waals surface area contributed by atoms with Gasteiger partial charge in [-0.3, -0.25) is 14.6 Å². The summed E-state index contributed by atoms with van der Waals surface area (Å²) in [6, 6.07) is 16.5. The number of aryl methyl sites for hydroxylation is 1. The number of ether oxygens (including phenoxy) is 3. The highest BCUT2D eigenvalue weighted by atomic mass is 32.2. The van der Waals surface area contributed by atoms with Gasteiger partial charge in [0.2, 0.25) is 5.43 Å². The number of nitrogens with zero attached hydrogens (tertiary/aromatic N) is 3. The molecule has 230 valence electrons. The van der Waals surface area contributed by atoms with Crippen molar-refractivity contribution in [1.29, 1.82) is 0 Å². The van der Waals surface area contributed by atoms with E-state index in [1.807, 2.05) is 59.8 Å². The predicted octanol–water partition coefficient (Wildman–Crippen LogP) is 6.97. The molecule has 9 nitrogen and oxygen atoms in total. The van der Waals surface area contributed by atoms with Gasteiger partial charge in [-0.1, -0.05) is 29.8 Å². The van der Waals surface area contributed by atoms with Crippen LogP contribution in [0.15, 0.2) is 84.2 Å². The number of pyridine rings is 3. The van der Waals surface area contributed by atoms with Gasteiger partial charge >= 0.3 is 0 Å². The Morgan fingerprint density at radius 2 is 1.71 bits per heavy atom. The molecule has 5 aromatic rings. The molecule has 3 aromatic heterocycles. The second-order valence-corrected chi connectivity index (χ2v) is 12.2. The number of hydrogen-bond acceptors (Lipinski definition) is 8. The summed E-state index contributed by atoms with van der Waals surface area (Å²) in [7, 11) is 3.14. The molecule has 1 aliphatic heterocycles. The zero-order chi connectivity index (χ0) is 31.3. The average molecular weight is 623 g/mol. The Morgan fingerprint density at radius 1 is 0.956 bits per heavy atom. The average Bonchev–Trinajstić information content (AvgIpc) is 3.06. The van der Waals surface area contributed by atoms with E-state index in [0.29, 0.717) is 45.8 Å². The predicted molar refractivity (Wildman–Crippen MR) is 178 cm³/mol. The number of carbonyl (C=O) groups excluding carboxylic acids is 1. The SMILES string of the molecule is COc1cc2nccc(Oc3ccc(NC(=O)c4cn(CC5CCSCC5)cc(-c5ccc(C)cc5)c4=O)nc3)c2cc1OC. The van der Waals surface area contributed by atoms with E-state index >= 15 is 0 Å². The highest BCUT2D eigenvalue weighted by molar-refractivity contribution is 7.99. The maximum atomic E-state index is 13.6. The Kier molecular flexibility index (Phi) is 9.02. The molecule has 1 amide bonds. The molecule has 2 aromatic carbocycles. The molecule has 10 heteroatoms. The second-order valence-electron chi connectivity index (χ2n) is 11.0. The Hall–Kier alpha value is -4.83. The summed E-state index contributed by atoms with van der Waals surface area (Å²) in [6.45, 7) is 2.76. The van der Waals surface area contributed by atoms with Crippen LogP contribution >= 0.6 is 11.8 Å². The number of methoxy groups -OCH3 is 2. The van der Waals surface area contributed by atoms with Crippen LogP contribution in [0, 0.1) is 12.8 Å². The molecule has 0 atom stereocenters. The van der Waals surface area contributed by atoms with E-state index in [1.165, 1.54) is 6.20 Å². The van der Waals surface area contributed by atoms with Crippen molar-refractivity contribution in [3.8, 4) is 34.1 Å². The maximum Gasteiger partial charge on any atom is 0.262 e. The van der Waals surface area contributed by atoms with Crippen molar-refractivity contribution in [1.82, 2.24) is 14.5 Å². The smallest absolute Gasteiger partial charge is 0.262 e. The fourth-order valence-electron chi connectivity index (χ4n) is 5.43. The number of nitrogens with one attached hydrogen (secondary N) is 1. The summed E-state index contributed by atoms with van der Waals surface area (Å²) >= 11 is 1.97. The van der Waals surface area contributed by atoms with Gasteiger partial charge < -0.3 is 24.1 Å². The first-order valence-electron chi connectivity index (χ1n) is 14.8. The van der Waals surface area contributed by atoms with E-state index in [1.54, 1.807) is 50.9 Å². The van der Waals surface area contributed by atoms with Crippen molar-refractivity contribution in [2.45, 2.75) is 26.3 Å². The van der Waals surface area contributed by atoms with E-state index in [9.17, 15) is 9.59 Å². The van der Waals surface area contributed by atoms with Crippen molar-refractivity contribution >= 4 is 34.4 Å². The van der Waals surface area contributed by atoms with Crippen LogP contribution in [0.3, 0.4) is 0 Å². The molecule has 0 saturated carbocycles. The van der Waals surface area contributed by atoms with Gasteiger partial charge in [-0.05, 0) is 67.0 Å². The molecular formula is C35H34N4O5S. The molecule has 45 heavy (non-hydrogen) atoms.